The Labute approximate surface area is 130 Å². The molecule has 0 fully saturated rings. The van der Waals surface area contributed by atoms with Crippen LogP contribution in [0.25, 0.3) is 0 Å². The fourth-order valence-electron chi connectivity index (χ4n) is 2.33. The van der Waals surface area contributed by atoms with E-state index < -0.39 is 0 Å². The molecule has 0 amide bonds. The minimum atomic E-state index is 0.660. The third-order valence-corrected chi connectivity index (χ3v) is 3.89. The highest BCUT2D eigenvalue weighted by molar-refractivity contribution is 5.35. The predicted molar refractivity (Wildman–Crippen MR) is 90.5 cm³/mol. The summed E-state index contributed by atoms with van der Waals surface area (Å²) in [5.74, 6) is 2.39. The van der Waals surface area contributed by atoms with Gasteiger partial charge in [0.25, 0.3) is 0 Å². The Morgan fingerprint density at radius 1 is 1.10 bits per heavy atom. The predicted octanol–water partition coefficient (Wildman–Crippen LogP) is 3.48. The van der Waals surface area contributed by atoms with Crippen LogP contribution in [0.2, 0.25) is 0 Å². The van der Waals surface area contributed by atoms with Crippen LogP contribution in [-0.4, -0.2) is 29.6 Å². The first-order chi connectivity index (χ1) is 10.1. The van der Waals surface area contributed by atoms with Gasteiger partial charge in [0.1, 0.15) is 5.82 Å². The maximum Gasteiger partial charge on any atom is 0.147 e. The van der Waals surface area contributed by atoms with E-state index in [1.807, 2.05) is 12.4 Å². The summed E-state index contributed by atoms with van der Waals surface area (Å²) in [5, 5.41) is 3.40. The molecule has 0 spiro atoms. The monoisotopic (exact) mass is 292 g/mol. The van der Waals surface area contributed by atoms with E-state index >= 15 is 0 Å². The van der Waals surface area contributed by atoms with Crippen molar-refractivity contribution in [3.05, 3.63) is 18.1 Å². The van der Waals surface area contributed by atoms with Crippen molar-refractivity contribution >= 4 is 5.82 Å². The van der Waals surface area contributed by atoms with E-state index in [1.54, 1.807) is 0 Å². The van der Waals surface area contributed by atoms with Gasteiger partial charge in [0, 0.05) is 19.6 Å². The maximum absolute atomic E-state index is 4.59. The Morgan fingerprint density at radius 3 is 2.29 bits per heavy atom. The van der Waals surface area contributed by atoms with Crippen molar-refractivity contribution < 1.29 is 0 Å². The summed E-state index contributed by atoms with van der Waals surface area (Å²) in [6.45, 7) is 15.0. The quantitative estimate of drug-likeness (QED) is 0.717. The van der Waals surface area contributed by atoms with Crippen LogP contribution in [-0.2, 0) is 6.54 Å². The Hall–Kier alpha value is -1.16. The molecule has 0 aliphatic carbocycles. The molecule has 120 valence electrons. The van der Waals surface area contributed by atoms with Gasteiger partial charge < -0.3 is 10.2 Å². The number of nitrogens with one attached hydrogen (secondary N) is 1. The number of anilines is 1. The SMILES string of the molecule is CCC(CC)CN(CC)c1cnc(CNCC(C)C)cn1. The Bertz CT molecular complexity index is 371. The van der Waals surface area contributed by atoms with Gasteiger partial charge in [-0.15, -0.1) is 0 Å². The lowest BCUT2D eigenvalue weighted by Crippen LogP contribution is -2.30. The summed E-state index contributed by atoms with van der Waals surface area (Å²) in [6.07, 6.45) is 6.26. The molecule has 4 nitrogen and oxygen atoms in total. The van der Waals surface area contributed by atoms with Gasteiger partial charge in [-0.1, -0.05) is 40.5 Å². The fourth-order valence-corrected chi connectivity index (χ4v) is 2.33. The molecular weight excluding hydrogens is 260 g/mol. The summed E-state index contributed by atoms with van der Waals surface area (Å²) < 4.78 is 0. The normalized spacial score (nSPS) is 11.4. The topological polar surface area (TPSA) is 41.1 Å². The van der Waals surface area contributed by atoms with E-state index in [1.165, 1.54) is 12.8 Å². The van der Waals surface area contributed by atoms with Crippen molar-refractivity contribution in [2.45, 2.75) is 54.0 Å². The zero-order valence-corrected chi connectivity index (χ0v) is 14.4. The number of aromatic nitrogens is 2. The van der Waals surface area contributed by atoms with Crippen LogP contribution in [0.4, 0.5) is 5.82 Å². The molecule has 0 atom stereocenters. The van der Waals surface area contributed by atoms with Crippen LogP contribution in [0, 0.1) is 11.8 Å². The van der Waals surface area contributed by atoms with Gasteiger partial charge in [0.2, 0.25) is 0 Å². The minimum Gasteiger partial charge on any atom is -0.355 e. The van der Waals surface area contributed by atoms with Crippen LogP contribution in [0.15, 0.2) is 12.4 Å². The lowest BCUT2D eigenvalue weighted by atomic mass is 10.0. The molecule has 0 saturated carbocycles. The van der Waals surface area contributed by atoms with E-state index in [0.29, 0.717) is 5.92 Å². The van der Waals surface area contributed by atoms with Gasteiger partial charge in [-0.25, -0.2) is 4.98 Å². The van der Waals surface area contributed by atoms with Gasteiger partial charge in [-0.05, 0) is 25.3 Å². The Balaban J connectivity index is 2.57. The molecule has 1 heterocycles. The van der Waals surface area contributed by atoms with Crippen molar-refractivity contribution in [2.24, 2.45) is 11.8 Å². The van der Waals surface area contributed by atoms with Crippen molar-refractivity contribution in [1.82, 2.24) is 15.3 Å². The van der Waals surface area contributed by atoms with Crippen LogP contribution >= 0.6 is 0 Å². The number of hydrogen-bond acceptors (Lipinski definition) is 4. The molecule has 0 unspecified atom stereocenters. The summed E-state index contributed by atoms with van der Waals surface area (Å²) in [5.41, 5.74) is 1.01. The summed E-state index contributed by atoms with van der Waals surface area (Å²) >= 11 is 0. The van der Waals surface area contributed by atoms with Gasteiger partial charge in [-0.3, -0.25) is 4.98 Å². The molecule has 1 aromatic heterocycles. The molecule has 0 aliphatic rings. The first-order valence-corrected chi connectivity index (χ1v) is 8.37. The maximum atomic E-state index is 4.59. The van der Waals surface area contributed by atoms with Gasteiger partial charge >= 0.3 is 0 Å². The largest absolute Gasteiger partial charge is 0.355 e. The molecule has 0 saturated heterocycles. The van der Waals surface area contributed by atoms with Crippen molar-refractivity contribution in [1.29, 1.82) is 0 Å². The number of rotatable bonds is 10. The smallest absolute Gasteiger partial charge is 0.147 e. The highest BCUT2D eigenvalue weighted by Gasteiger charge is 2.12. The van der Waals surface area contributed by atoms with E-state index in [2.05, 4.69) is 54.8 Å². The molecule has 0 radical (unpaired) electrons. The third-order valence-electron chi connectivity index (χ3n) is 3.89. The average Bonchev–Trinajstić information content (AvgIpc) is 2.49. The molecule has 0 aromatic carbocycles. The van der Waals surface area contributed by atoms with Gasteiger partial charge in [0.05, 0.1) is 18.1 Å². The van der Waals surface area contributed by atoms with E-state index in [4.69, 9.17) is 0 Å². The zero-order valence-electron chi connectivity index (χ0n) is 14.4. The molecule has 0 bridgehead atoms. The molecule has 4 heteroatoms. The molecule has 1 aromatic rings. The van der Waals surface area contributed by atoms with Crippen LogP contribution in [0.1, 0.15) is 53.2 Å². The number of nitrogens with zero attached hydrogens (tertiary/aromatic N) is 3. The summed E-state index contributed by atoms with van der Waals surface area (Å²) in [4.78, 5) is 11.5. The Morgan fingerprint density at radius 2 is 1.81 bits per heavy atom. The second kappa shape index (κ2) is 9.72. The first kappa shape index (κ1) is 17.9. The van der Waals surface area contributed by atoms with Gasteiger partial charge in [-0.2, -0.15) is 0 Å². The van der Waals surface area contributed by atoms with E-state index in [0.717, 1.165) is 43.6 Å². The van der Waals surface area contributed by atoms with Gasteiger partial charge in [0.15, 0.2) is 0 Å². The standard InChI is InChI=1S/C17H32N4/c1-6-15(7-2)13-21(8-3)17-12-19-16(11-20-17)10-18-9-14(4)5/h11-12,14-15,18H,6-10,13H2,1-5H3. The Kier molecular flexibility index (Phi) is 8.28. The second-order valence-electron chi connectivity index (χ2n) is 6.11. The molecular formula is C17H32N4. The number of hydrogen-bond donors (Lipinski definition) is 1. The lowest BCUT2D eigenvalue weighted by Gasteiger charge is -2.26. The van der Waals surface area contributed by atoms with Crippen molar-refractivity contribution in [2.75, 3.05) is 24.5 Å². The summed E-state index contributed by atoms with van der Waals surface area (Å²) in [6, 6.07) is 0. The third kappa shape index (κ3) is 6.42. The van der Waals surface area contributed by atoms with E-state index in [9.17, 15) is 0 Å². The summed E-state index contributed by atoms with van der Waals surface area (Å²) in [7, 11) is 0. The average molecular weight is 292 g/mol. The van der Waals surface area contributed by atoms with Crippen molar-refractivity contribution in [3.8, 4) is 0 Å². The zero-order chi connectivity index (χ0) is 15.7. The molecule has 21 heavy (non-hydrogen) atoms. The molecule has 1 rings (SSSR count). The van der Waals surface area contributed by atoms with E-state index in [-0.39, 0.29) is 0 Å². The van der Waals surface area contributed by atoms with Crippen LogP contribution < -0.4 is 10.2 Å². The first-order valence-electron chi connectivity index (χ1n) is 8.37. The van der Waals surface area contributed by atoms with Crippen LogP contribution in [0.3, 0.4) is 0 Å². The van der Waals surface area contributed by atoms with Crippen LogP contribution in [0.5, 0.6) is 0 Å². The highest BCUT2D eigenvalue weighted by Crippen LogP contribution is 2.15. The molecule has 1 N–H and O–H groups in total. The lowest BCUT2D eigenvalue weighted by molar-refractivity contribution is 0.484. The second-order valence-corrected chi connectivity index (χ2v) is 6.11. The fraction of sp³-hybridized carbons (Fsp3) is 0.765. The molecule has 0 aliphatic heterocycles. The van der Waals surface area contributed by atoms with Crippen molar-refractivity contribution in [3.63, 3.8) is 0 Å². The highest BCUT2D eigenvalue weighted by atomic mass is 15.2. The minimum absolute atomic E-state index is 0.660.